The van der Waals surface area contributed by atoms with Crippen molar-refractivity contribution in [2.75, 3.05) is 5.32 Å². The maximum atomic E-state index is 11.2. The van der Waals surface area contributed by atoms with Crippen molar-refractivity contribution in [3.8, 4) is 11.3 Å². The van der Waals surface area contributed by atoms with Gasteiger partial charge in [-0.25, -0.2) is 0 Å². The van der Waals surface area contributed by atoms with Crippen molar-refractivity contribution in [2.24, 2.45) is 0 Å². The molecule has 0 aliphatic heterocycles. The maximum absolute atomic E-state index is 11.2. The number of furan rings is 1. The van der Waals surface area contributed by atoms with E-state index in [-0.39, 0.29) is 5.91 Å². The zero-order valence-corrected chi connectivity index (χ0v) is 10.2. The molecule has 2 rings (SSSR count). The Morgan fingerprint density at radius 1 is 1.29 bits per heavy atom. The molecular weight excluding hydrogens is 214 g/mol. The largest absolute Gasteiger partial charge is 0.464 e. The van der Waals surface area contributed by atoms with Crippen LogP contribution in [0.2, 0.25) is 0 Å². The molecule has 0 fully saturated rings. The quantitative estimate of drug-likeness (QED) is 0.856. The van der Waals surface area contributed by atoms with E-state index in [1.54, 1.807) is 6.26 Å². The average Bonchev–Trinajstić information content (AvgIpc) is 2.74. The van der Waals surface area contributed by atoms with E-state index >= 15 is 0 Å². The Bertz CT molecular complexity index is 542. The molecule has 3 nitrogen and oxygen atoms in total. The smallest absolute Gasteiger partial charge is 0.221 e. The Morgan fingerprint density at radius 3 is 2.65 bits per heavy atom. The zero-order chi connectivity index (χ0) is 12.4. The van der Waals surface area contributed by atoms with Gasteiger partial charge in [0.15, 0.2) is 0 Å². The molecule has 0 atom stereocenters. The van der Waals surface area contributed by atoms with Crippen LogP contribution in [0.25, 0.3) is 11.3 Å². The number of carbonyl (C=O) groups excluding carboxylic acids is 1. The lowest BCUT2D eigenvalue weighted by atomic mass is 10.0. The highest BCUT2D eigenvalue weighted by molar-refractivity contribution is 5.94. The first-order valence-electron chi connectivity index (χ1n) is 5.50. The number of anilines is 1. The molecule has 0 spiro atoms. The molecule has 0 aliphatic carbocycles. The summed E-state index contributed by atoms with van der Waals surface area (Å²) < 4.78 is 5.40. The third-order valence-electron chi connectivity index (χ3n) is 2.57. The number of aryl methyl sites for hydroxylation is 2. The van der Waals surface area contributed by atoms with Crippen molar-refractivity contribution in [1.29, 1.82) is 0 Å². The predicted octanol–water partition coefficient (Wildman–Crippen LogP) is 3.52. The van der Waals surface area contributed by atoms with E-state index in [0.717, 1.165) is 28.1 Å². The van der Waals surface area contributed by atoms with E-state index in [1.807, 2.05) is 38.1 Å². The Balaban J connectivity index is 2.59. The van der Waals surface area contributed by atoms with Crippen molar-refractivity contribution in [3.63, 3.8) is 0 Å². The van der Waals surface area contributed by atoms with Gasteiger partial charge in [-0.2, -0.15) is 0 Å². The number of hydrogen-bond acceptors (Lipinski definition) is 2. The molecule has 0 bridgehead atoms. The van der Waals surface area contributed by atoms with Crippen LogP contribution in [-0.4, -0.2) is 5.91 Å². The summed E-state index contributed by atoms with van der Waals surface area (Å²) in [6.07, 6.45) is 1.63. The minimum Gasteiger partial charge on any atom is -0.464 e. The van der Waals surface area contributed by atoms with Crippen molar-refractivity contribution in [2.45, 2.75) is 20.8 Å². The van der Waals surface area contributed by atoms with E-state index in [9.17, 15) is 4.79 Å². The van der Waals surface area contributed by atoms with E-state index < -0.39 is 0 Å². The molecule has 3 heteroatoms. The zero-order valence-electron chi connectivity index (χ0n) is 10.2. The highest BCUT2D eigenvalue weighted by Crippen LogP contribution is 2.32. The first-order chi connectivity index (χ1) is 8.08. The minimum absolute atomic E-state index is 0.0789. The third kappa shape index (κ3) is 2.38. The summed E-state index contributed by atoms with van der Waals surface area (Å²) in [5.74, 6) is 0.685. The standard InChI is InChI=1S/C14H15NO2/c1-9-7-10(2)14(15-11(3)16)12(8-9)13-5-4-6-17-13/h4-8H,1-3H3,(H,15,16). The number of rotatable bonds is 2. The van der Waals surface area contributed by atoms with Gasteiger partial charge in [-0.05, 0) is 43.2 Å². The average molecular weight is 229 g/mol. The summed E-state index contributed by atoms with van der Waals surface area (Å²) in [5.41, 5.74) is 3.91. The van der Waals surface area contributed by atoms with E-state index in [4.69, 9.17) is 4.42 Å². The third-order valence-corrected chi connectivity index (χ3v) is 2.57. The molecule has 2 aromatic rings. The number of benzene rings is 1. The highest BCUT2D eigenvalue weighted by Gasteiger charge is 2.12. The normalized spacial score (nSPS) is 10.3. The monoisotopic (exact) mass is 229 g/mol. The van der Waals surface area contributed by atoms with Gasteiger partial charge in [0.25, 0.3) is 0 Å². The number of carbonyl (C=O) groups is 1. The van der Waals surface area contributed by atoms with E-state index in [2.05, 4.69) is 5.32 Å². The Labute approximate surface area is 100 Å². The molecule has 1 aromatic heterocycles. The van der Waals surface area contributed by atoms with Crippen LogP contribution in [0.15, 0.2) is 34.9 Å². The number of nitrogens with one attached hydrogen (secondary N) is 1. The van der Waals surface area contributed by atoms with Crippen LogP contribution in [0.5, 0.6) is 0 Å². The molecule has 0 saturated heterocycles. The number of hydrogen-bond donors (Lipinski definition) is 1. The van der Waals surface area contributed by atoms with Gasteiger partial charge in [-0.1, -0.05) is 6.07 Å². The van der Waals surface area contributed by atoms with Crippen LogP contribution in [0.1, 0.15) is 18.1 Å². The summed E-state index contributed by atoms with van der Waals surface area (Å²) in [5, 5.41) is 2.86. The summed E-state index contributed by atoms with van der Waals surface area (Å²) >= 11 is 0. The van der Waals surface area contributed by atoms with E-state index in [0.29, 0.717) is 0 Å². The van der Waals surface area contributed by atoms with Gasteiger partial charge in [-0.3, -0.25) is 4.79 Å². The van der Waals surface area contributed by atoms with Crippen LogP contribution < -0.4 is 5.32 Å². The fourth-order valence-corrected chi connectivity index (χ4v) is 1.94. The van der Waals surface area contributed by atoms with Gasteiger partial charge in [-0.15, -0.1) is 0 Å². The van der Waals surface area contributed by atoms with Crippen LogP contribution in [-0.2, 0) is 4.79 Å². The first kappa shape index (κ1) is 11.5. The lowest BCUT2D eigenvalue weighted by molar-refractivity contribution is -0.114. The molecule has 17 heavy (non-hydrogen) atoms. The minimum atomic E-state index is -0.0789. The molecule has 0 unspecified atom stereocenters. The highest BCUT2D eigenvalue weighted by atomic mass is 16.3. The molecule has 1 heterocycles. The molecule has 1 N–H and O–H groups in total. The summed E-state index contributed by atoms with van der Waals surface area (Å²) in [4.78, 5) is 11.2. The second kappa shape index (κ2) is 4.45. The second-order valence-corrected chi connectivity index (χ2v) is 4.16. The van der Waals surface area contributed by atoms with Gasteiger partial charge < -0.3 is 9.73 Å². The van der Waals surface area contributed by atoms with E-state index in [1.165, 1.54) is 6.92 Å². The fraction of sp³-hybridized carbons (Fsp3) is 0.214. The van der Waals surface area contributed by atoms with Gasteiger partial charge in [0.1, 0.15) is 5.76 Å². The lowest BCUT2D eigenvalue weighted by Crippen LogP contribution is -2.08. The van der Waals surface area contributed by atoms with Gasteiger partial charge >= 0.3 is 0 Å². The Hall–Kier alpha value is -2.03. The molecule has 0 radical (unpaired) electrons. The lowest BCUT2D eigenvalue weighted by Gasteiger charge is -2.12. The topological polar surface area (TPSA) is 42.2 Å². The molecule has 0 aliphatic rings. The molecule has 88 valence electrons. The van der Waals surface area contributed by atoms with Crippen LogP contribution in [0.4, 0.5) is 5.69 Å². The Morgan fingerprint density at radius 2 is 2.06 bits per heavy atom. The fourth-order valence-electron chi connectivity index (χ4n) is 1.94. The SMILES string of the molecule is CC(=O)Nc1c(C)cc(C)cc1-c1ccco1. The van der Waals surface area contributed by atoms with Gasteiger partial charge in [0, 0.05) is 12.5 Å². The van der Waals surface area contributed by atoms with Crippen molar-refractivity contribution >= 4 is 11.6 Å². The summed E-state index contributed by atoms with van der Waals surface area (Å²) in [6.45, 7) is 5.51. The summed E-state index contributed by atoms with van der Waals surface area (Å²) in [6, 6.07) is 7.78. The van der Waals surface area contributed by atoms with Crippen LogP contribution in [0, 0.1) is 13.8 Å². The van der Waals surface area contributed by atoms with Gasteiger partial charge in [0.2, 0.25) is 5.91 Å². The number of amides is 1. The summed E-state index contributed by atoms with van der Waals surface area (Å²) in [7, 11) is 0. The maximum Gasteiger partial charge on any atom is 0.221 e. The van der Waals surface area contributed by atoms with Crippen LogP contribution in [0.3, 0.4) is 0 Å². The molecule has 0 saturated carbocycles. The van der Waals surface area contributed by atoms with Crippen molar-refractivity contribution < 1.29 is 9.21 Å². The first-order valence-corrected chi connectivity index (χ1v) is 5.50. The molecule has 1 amide bonds. The molecular formula is C14H15NO2. The van der Waals surface area contributed by atoms with Crippen molar-refractivity contribution in [3.05, 3.63) is 41.7 Å². The molecule has 1 aromatic carbocycles. The van der Waals surface area contributed by atoms with Crippen molar-refractivity contribution in [1.82, 2.24) is 0 Å². The van der Waals surface area contributed by atoms with Gasteiger partial charge in [0.05, 0.1) is 12.0 Å². The second-order valence-electron chi connectivity index (χ2n) is 4.16. The Kier molecular flexibility index (Phi) is 3.00. The van der Waals surface area contributed by atoms with Crippen LogP contribution >= 0.6 is 0 Å². The predicted molar refractivity (Wildman–Crippen MR) is 67.9 cm³/mol.